The van der Waals surface area contributed by atoms with E-state index in [9.17, 15) is 4.79 Å². The van der Waals surface area contributed by atoms with E-state index in [1.165, 1.54) is 0 Å². The number of ether oxygens (including phenoxy) is 1. The minimum atomic E-state index is -0.758. The van der Waals surface area contributed by atoms with Crippen LogP contribution in [-0.2, 0) is 4.79 Å². The van der Waals surface area contributed by atoms with E-state index in [0.717, 1.165) is 0 Å². The first-order valence-electron chi connectivity index (χ1n) is 4.98. The van der Waals surface area contributed by atoms with Crippen molar-refractivity contribution in [2.24, 2.45) is 5.41 Å². The molecule has 0 unspecified atom stereocenters. The zero-order valence-electron chi connectivity index (χ0n) is 9.37. The first kappa shape index (κ1) is 13.0. The Kier molecular flexibility index (Phi) is 4.33. The SMILES string of the molecule is CC(C)(CO)C(=O)COc1ccc(Cl)cc1. The number of carbonyl (C=O) groups excluding carboxylic acids is 1. The van der Waals surface area contributed by atoms with Gasteiger partial charge in [-0.1, -0.05) is 25.4 Å². The molecule has 0 fully saturated rings. The Morgan fingerprint density at radius 1 is 1.38 bits per heavy atom. The Balaban J connectivity index is 2.52. The summed E-state index contributed by atoms with van der Waals surface area (Å²) in [6.45, 7) is 3.13. The van der Waals surface area contributed by atoms with E-state index in [0.29, 0.717) is 10.8 Å². The van der Waals surface area contributed by atoms with Crippen molar-refractivity contribution < 1.29 is 14.6 Å². The van der Waals surface area contributed by atoms with Gasteiger partial charge in [-0.25, -0.2) is 0 Å². The van der Waals surface area contributed by atoms with Crippen molar-refractivity contribution in [2.75, 3.05) is 13.2 Å². The molecule has 0 aromatic heterocycles. The molecule has 0 saturated carbocycles. The molecule has 1 rings (SSSR count). The van der Waals surface area contributed by atoms with Gasteiger partial charge in [-0.3, -0.25) is 4.79 Å². The van der Waals surface area contributed by atoms with Gasteiger partial charge in [0.05, 0.1) is 12.0 Å². The van der Waals surface area contributed by atoms with Crippen molar-refractivity contribution in [3.05, 3.63) is 29.3 Å². The van der Waals surface area contributed by atoms with Crippen LogP contribution in [0, 0.1) is 5.41 Å². The Morgan fingerprint density at radius 3 is 2.44 bits per heavy atom. The largest absolute Gasteiger partial charge is 0.486 e. The molecule has 0 saturated heterocycles. The summed E-state index contributed by atoms with van der Waals surface area (Å²) >= 11 is 5.71. The molecule has 0 bridgehead atoms. The van der Waals surface area contributed by atoms with Gasteiger partial charge < -0.3 is 9.84 Å². The minimum absolute atomic E-state index is 0.0464. The average molecular weight is 243 g/mol. The predicted octanol–water partition coefficient (Wildman–Crippen LogP) is 2.31. The van der Waals surface area contributed by atoms with E-state index in [1.54, 1.807) is 38.1 Å². The van der Waals surface area contributed by atoms with Crippen molar-refractivity contribution in [3.8, 4) is 5.75 Å². The van der Waals surface area contributed by atoms with Crippen LogP contribution in [0.1, 0.15) is 13.8 Å². The van der Waals surface area contributed by atoms with Gasteiger partial charge in [0.25, 0.3) is 0 Å². The number of aliphatic hydroxyl groups is 1. The summed E-state index contributed by atoms with van der Waals surface area (Å²) in [6.07, 6.45) is 0. The van der Waals surface area contributed by atoms with Crippen LogP contribution in [0.4, 0.5) is 0 Å². The summed E-state index contributed by atoms with van der Waals surface area (Å²) in [5.74, 6) is 0.455. The number of benzene rings is 1. The highest BCUT2D eigenvalue weighted by molar-refractivity contribution is 6.30. The Labute approximate surface area is 100.0 Å². The minimum Gasteiger partial charge on any atom is -0.486 e. The molecule has 4 heteroatoms. The van der Waals surface area contributed by atoms with Crippen LogP contribution in [0.5, 0.6) is 5.75 Å². The number of aliphatic hydroxyl groups excluding tert-OH is 1. The maximum atomic E-state index is 11.6. The molecule has 88 valence electrons. The third-order valence-electron chi connectivity index (χ3n) is 2.33. The summed E-state index contributed by atoms with van der Waals surface area (Å²) in [5.41, 5.74) is -0.758. The summed E-state index contributed by atoms with van der Waals surface area (Å²) in [7, 11) is 0. The summed E-state index contributed by atoms with van der Waals surface area (Å²) in [4.78, 5) is 11.6. The standard InChI is InChI=1S/C12H15ClO3/c1-12(2,8-14)11(15)7-16-10-5-3-9(13)4-6-10/h3-6,14H,7-8H2,1-2H3. The van der Waals surface area contributed by atoms with E-state index in [4.69, 9.17) is 21.4 Å². The van der Waals surface area contributed by atoms with E-state index < -0.39 is 5.41 Å². The van der Waals surface area contributed by atoms with Gasteiger partial charge >= 0.3 is 0 Å². The second-order valence-corrected chi connectivity index (χ2v) is 4.64. The second-order valence-electron chi connectivity index (χ2n) is 4.21. The average Bonchev–Trinajstić information content (AvgIpc) is 2.28. The highest BCUT2D eigenvalue weighted by Gasteiger charge is 2.26. The Hall–Kier alpha value is -1.06. The monoisotopic (exact) mass is 242 g/mol. The molecule has 0 atom stereocenters. The third kappa shape index (κ3) is 3.51. The summed E-state index contributed by atoms with van der Waals surface area (Å²) in [5, 5.41) is 9.62. The van der Waals surface area contributed by atoms with Gasteiger partial charge in [-0.2, -0.15) is 0 Å². The molecule has 0 aliphatic rings. The molecular weight excluding hydrogens is 228 g/mol. The third-order valence-corrected chi connectivity index (χ3v) is 2.59. The van der Waals surface area contributed by atoms with Gasteiger partial charge in [-0.15, -0.1) is 0 Å². The maximum absolute atomic E-state index is 11.6. The highest BCUT2D eigenvalue weighted by atomic mass is 35.5. The van der Waals surface area contributed by atoms with Crippen LogP contribution >= 0.6 is 11.6 Å². The number of ketones is 1. The van der Waals surface area contributed by atoms with Crippen molar-refractivity contribution in [3.63, 3.8) is 0 Å². The van der Waals surface area contributed by atoms with E-state index in [2.05, 4.69) is 0 Å². The lowest BCUT2D eigenvalue weighted by Gasteiger charge is -2.19. The molecule has 3 nitrogen and oxygen atoms in total. The van der Waals surface area contributed by atoms with Gasteiger partial charge in [0.2, 0.25) is 0 Å². The number of hydrogen-bond acceptors (Lipinski definition) is 3. The molecule has 1 aromatic rings. The van der Waals surface area contributed by atoms with Gasteiger partial charge in [0, 0.05) is 5.02 Å². The lowest BCUT2D eigenvalue weighted by Crippen LogP contribution is -2.32. The van der Waals surface area contributed by atoms with E-state index in [1.807, 2.05) is 0 Å². The molecule has 16 heavy (non-hydrogen) atoms. The van der Waals surface area contributed by atoms with Crippen LogP contribution in [-0.4, -0.2) is 24.1 Å². The number of hydrogen-bond donors (Lipinski definition) is 1. The van der Waals surface area contributed by atoms with Crippen LogP contribution in [0.2, 0.25) is 5.02 Å². The van der Waals surface area contributed by atoms with Crippen LogP contribution in [0.25, 0.3) is 0 Å². The van der Waals surface area contributed by atoms with E-state index in [-0.39, 0.29) is 19.0 Å². The number of carbonyl (C=O) groups is 1. The van der Waals surface area contributed by atoms with Gasteiger partial charge in [0.15, 0.2) is 5.78 Å². The number of Topliss-reactive ketones (excluding diaryl/α,β-unsaturated/α-hetero) is 1. The fourth-order valence-corrected chi connectivity index (χ4v) is 1.09. The number of halogens is 1. The van der Waals surface area contributed by atoms with Crippen molar-refractivity contribution in [1.29, 1.82) is 0 Å². The van der Waals surface area contributed by atoms with Crippen LogP contribution in [0.3, 0.4) is 0 Å². The molecule has 0 spiro atoms. The molecule has 1 N–H and O–H groups in total. The molecule has 0 heterocycles. The zero-order chi connectivity index (χ0) is 12.2. The molecular formula is C12H15ClO3. The molecule has 0 aliphatic carbocycles. The van der Waals surface area contributed by atoms with E-state index >= 15 is 0 Å². The second kappa shape index (κ2) is 5.32. The molecule has 0 amide bonds. The number of rotatable bonds is 5. The van der Waals surface area contributed by atoms with Gasteiger partial charge in [0.1, 0.15) is 12.4 Å². The van der Waals surface area contributed by atoms with Gasteiger partial charge in [-0.05, 0) is 24.3 Å². The quantitative estimate of drug-likeness (QED) is 0.862. The summed E-state index contributed by atoms with van der Waals surface area (Å²) in [6, 6.07) is 6.78. The highest BCUT2D eigenvalue weighted by Crippen LogP contribution is 2.18. The summed E-state index contributed by atoms with van der Waals surface area (Å²) < 4.78 is 5.29. The maximum Gasteiger partial charge on any atom is 0.178 e. The Bertz CT molecular complexity index is 357. The normalized spacial score (nSPS) is 11.2. The lowest BCUT2D eigenvalue weighted by atomic mass is 9.90. The van der Waals surface area contributed by atoms with Crippen molar-refractivity contribution >= 4 is 17.4 Å². The first-order valence-corrected chi connectivity index (χ1v) is 5.36. The van der Waals surface area contributed by atoms with Crippen molar-refractivity contribution in [2.45, 2.75) is 13.8 Å². The lowest BCUT2D eigenvalue weighted by molar-refractivity contribution is -0.131. The Morgan fingerprint density at radius 2 is 1.94 bits per heavy atom. The van der Waals surface area contributed by atoms with Crippen LogP contribution in [0.15, 0.2) is 24.3 Å². The molecule has 1 aromatic carbocycles. The topological polar surface area (TPSA) is 46.5 Å². The molecule has 0 aliphatic heterocycles. The first-order chi connectivity index (χ1) is 7.45. The van der Waals surface area contributed by atoms with Crippen LogP contribution < -0.4 is 4.74 Å². The zero-order valence-corrected chi connectivity index (χ0v) is 10.1. The van der Waals surface area contributed by atoms with Crippen molar-refractivity contribution in [1.82, 2.24) is 0 Å². The fourth-order valence-electron chi connectivity index (χ4n) is 0.963. The molecule has 0 radical (unpaired) electrons. The predicted molar refractivity (Wildman–Crippen MR) is 62.8 cm³/mol. The fraction of sp³-hybridized carbons (Fsp3) is 0.417. The smallest absolute Gasteiger partial charge is 0.178 e.